The molecule has 0 saturated carbocycles. The van der Waals surface area contributed by atoms with Gasteiger partial charge in [0.1, 0.15) is 6.54 Å². The van der Waals surface area contributed by atoms with E-state index < -0.39 is 5.97 Å². The van der Waals surface area contributed by atoms with Crippen LogP contribution in [0.5, 0.6) is 0 Å². The van der Waals surface area contributed by atoms with Crippen molar-refractivity contribution in [1.82, 2.24) is 10.0 Å². The lowest BCUT2D eigenvalue weighted by molar-refractivity contribution is -0.143. The Bertz CT molecular complexity index is 140. The molecule has 0 aliphatic rings. The van der Waals surface area contributed by atoms with Gasteiger partial charge in [0.05, 0.1) is 0 Å². The highest BCUT2D eigenvalue weighted by Crippen LogP contribution is 1.96. The summed E-state index contributed by atoms with van der Waals surface area (Å²) in [5, 5.41) is 12.4. The smallest absolute Gasteiger partial charge is 0.319 e. The lowest BCUT2D eigenvalue weighted by Crippen LogP contribution is -2.45. The molecule has 13 heavy (non-hydrogen) atoms. The Morgan fingerprint density at radius 3 is 1.69 bits per heavy atom. The second-order valence-electron chi connectivity index (χ2n) is 2.51. The number of likely N-dealkylation sites (N-methyl/N-ethyl adjacent to an activating group) is 1. The van der Waals surface area contributed by atoms with Gasteiger partial charge in [-0.2, -0.15) is 0 Å². The first-order valence-electron chi connectivity index (χ1n) is 4.37. The SMILES string of the molecule is CCN(CC)N(CC)CC(=O)O.Cl. The quantitative estimate of drug-likeness (QED) is 0.667. The van der Waals surface area contributed by atoms with E-state index in [-0.39, 0.29) is 19.0 Å². The van der Waals surface area contributed by atoms with Crippen LogP contribution in [0.25, 0.3) is 0 Å². The molecule has 0 amide bonds. The van der Waals surface area contributed by atoms with Gasteiger partial charge in [-0.15, -0.1) is 12.4 Å². The molecule has 4 nitrogen and oxygen atoms in total. The monoisotopic (exact) mass is 210 g/mol. The minimum Gasteiger partial charge on any atom is -0.480 e. The highest BCUT2D eigenvalue weighted by molar-refractivity contribution is 5.85. The average Bonchev–Trinajstić information content (AvgIpc) is 2.04. The first kappa shape index (κ1) is 15.2. The molecule has 0 spiro atoms. The lowest BCUT2D eigenvalue weighted by Gasteiger charge is -2.30. The fraction of sp³-hybridized carbons (Fsp3) is 0.875. The molecule has 80 valence electrons. The summed E-state index contributed by atoms with van der Waals surface area (Å²) in [5.41, 5.74) is 0. The normalized spacial score (nSPS) is 10.2. The summed E-state index contributed by atoms with van der Waals surface area (Å²) in [6.45, 7) is 8.56. The Labute approximate surface area is 85.9 Å². The summed E-state index contributed by atoms with van der Waals surface area (Å²) in [6, 6.07) is 0. The third-order valence-electron chi connectivity index (χ3n) is 1.81. The van der Waals surface area contributed by atoms with Crippen LogP contribution in [0, 0.1) is 0 Å². The number of carboxylic acids is 1. The number of halogens is 1. The van der Waals surface area contributed by atoms with Crippen molar-refractivity contribution in [3.05, 3.63) is 0 Å². The molecule has 0 atom stereocenters. The van der Waals surface area contributed by atoms with E-state index >= 15 is 0 Å². The van der Waals surface area contributed by atoms with Gasteiger partial charge in [0.25, 0.3) is 0 Å². The number of nitrogens with zero attached hydrogens (tertiary/aromatic N) is 2. The van der Waals surface area contributed by atoms with Gasteiger partial charge in [-0.05, 0) is 0 Å². The van der Waals surface area contributed by atoms with Crippen molar-refractivity contribution in [2.24, 2.45) is 0 Å². The summed E-state index contributed by atoms with van der Waals surface area (Å²) in [7, 11) is 0. The average molecular weight is 211 g/mol. The fourth-order valence-corrected chi connectivity index (χ4v) is 1.19. The van der Waals surface area contributed by atoms with Gasteiger partial charge in [0, 0.05) is 19.6 Å². The number of carbonyl (C=O) groups is 1. The van der Waals surface area contributed by atoms with E-state index in [2.05, 4.69) is 0 Å². The van der Waals surface area contributed by atoms with Crippen LogP contribution >= 0.6 is 12.4 Å². The van der Waals surface area contributed by atoms with E-state index in [1.54, 1.807) is 0 Å². The van der Waals surface area contributed by atoms with Crippen molar-refractivity contribution >= 4 is 18.4 Å². The predicted octanol–water partition coefficient (Wildman–Crippen LogP) is 1.07. The molecule has 0 heterocycles. The Hall–Kier alpha value is -0.320. The second-order valence-corrected chi connectivity index (χ2v) is 2.51. The third-order valence-corrected chi connectivity index (χ3v) is 1.81. The van der Waals surface area contributed by atoms with Crippen molar-refractivity contribution in [2.75, 3.05) is 26.2 Å². The first-order chi connectivity index (χ1) is 5.65. The minimum atomic E-state index is -0.774. The van der Waals surface area contributed by atoms with E-state index in [0.717, 1.165) is 19.6 Å². The molecule has 0 bridgehead atoms. The molecule has 0 saturated heterocycles. The van der Waals surface area contributed by atoms with Gasteiger partial charge < -0.3 is 5.11 Å². The van der Waals surface area contributed by atoms with Gasteiger partial charge in [-0.3, -0.25) is 4.79 Å². The number of hydrogen-bond donors (Lipinski definition) is 1. The van der Waals surface area contributed by atoms with E-state index in [0.29, 0.717) is 0 Å². The van der Waals surface area contributed by atoms with Crippen LogP contribution in [0.4, 0.5) is 0 Å². The van der Waals surface area contributed by atoms with Crippen molar-refractivity contribution in [3.8, 4) is 0 Å². The van der Waals surface area contributed by atoms with Crippen molar-refractivity contribution < 1.29 is 9.90 Å². The van der Waals surface area contributed by atoms with Crippen molar-refractivity contribution in [1.29, 1.82) is 0 Å². The van der Waals surface area contributed by atoms with Crippen molar-refractivity contribution in [2.45, 2.75) is 20.8 Å². The molecular formula is C8H19ClN2O2. The maximum atomic E-state index is 10.4. The number of hydrazine groups is 1. The Kier molecular flexibility index (Phi) is 9.67. The van der Waals surface area contributed by atoms with E-state index in [9.17, 15) is 4.79 Å². The highest BCUT2D eigenvalue weighted by Gasteiger charge is 2.12. The molecule has 0 aliphatic carbocycles. The molecule has 0 radical (unpaired) electrons. The summed E-state index contributed by atoms with van der Waals surface area (Å²) < 4.78 is 0. The zero-order chi connectivity index (χ0) is 9.56. The Morgan fingerprint density at radius 1 is 1.08 bits per heavy atom. The molecule has 0 rings (SSSR count). The number of aliphatic carboxylic acids is 1. The van der Waals surface area contributed by atoms with Crippen molar-refractivity contribution in [3.63, 3.8) is 0 Å². The van der Waals surface area contributed by atoms with Gasteiger partial charge in [0.2, 0.25) is 0 Å². The lowest BCUT2D eigenvalue weighted by atomic mass is 10.5. The van der Waals surface area contributed by atoms with E-state index in [1.165, 1.54) is 0 Å². The highest BCUT2D eigenvalue weighted by atomic mass is 35.5. The number of carboxylic acid groups (broad SMARTS) is 1. The third kappa shape index (κ3) is 5.85. The Morgan fingerprint density at radius 2 is 1.46 bits per heavy atom. The number of rotatable bonds is 6. The molecule has 1 N–H and O–H groups in total. The standard InChI is InChI=1S/C8H18N2O2.ClH/c1-4-9(5-2)10(6-3)7-8(11)12;/h4-7H2,1-3H3,(H,11,12);1H. The van der Waals surface area contributed by atoms with Crippen LogP contribution in [-0.4, -0.2) is 47.3 Å². The summed E-state index contributed by atoms with van der Waals surface area (Å²) >= 11 is 0. The van der Waals surface area contributed by atoms with Gasteiger partial charge >= 0.3 is 5.97 Å². The van der Waals surface area contributed by atoms with Crippen LogP contribution in [-0.2, 0) is 4.79 Å². The molecular weight excluding hydrogens is 192 g/mol. The summed E-state index contributed by atoms with van der Waals surface area (Å²) in [5.74, 6) is -0.774. The zero-order valence-corrected chi connectivity index (χ0v) is 9.30. The van der Waals surface area contributed by atoms with Gasteiger partial charge in [0.15, 0.2) is 0 Å². The topological polar surface area (TPSA) is 43.8 Å². The Balaban J connectivity index is 0. The van der Waals surface area contributed by atoms with Crippen LogP contribution in [0.15, 0.2) is 0 Å². The summed E-state index contributed by atoms with van der Waals surface area (Å²) in [6.07, 6.45) is 0. The maximum Gasteiger partial charge on any atom is 0.319 e. The molecule has 0 aromatic rings. The molecule has 0 aromatic carbocycles. The largest absolute Gasteiger partial charge is 0.480 e. The molecule has 0 unspecified atom stereocenters. The predicted molar refractivity (Wildman–Crippen MR) is 55.1 cm³/mol. The first-order valence-corrected chi connectivity index (χ1v) is 4.37. The molecule has 0 aromatic heterocycles. The van der Waals surface area contributed by atoms with Crippen LogP contribution < -0.4 is 0 Å². The fourth-order valence-electron chi connectivity index (χ4n) is 1.19. The van der Waals surface area contributed by atoms with Crippen LogP contribution in [0.3, 0.4) is 0 Å². The maximum absolute atomic E-state index is 10.4. The van der Waals surface area contributed by atoms with Crippen LogP contribution in [0.1, 0.15) is 20.8 Å². The molecule has 0 fully saturated rings. The van der Waals surface area contributed by atoms with Gasteiger partial charge in [-0.1, -0.05) is 20.8 Å². The van der Waals surface area contributed by atoms with E-state index in [4.69, 9.17) is 5.11 Å². The zero-order valence-electron chi connectivity index (χ0n) is 8.49. The minimum absolute atomic E-state index is 0. The number of hydrogen-bond acceptors (Lipinski definition) is 3. The molecule has 0 aliphatic heterocycles. The van der Waals surface area contributed by atoms with Gasteiger partial charge in [-0.25, -0.2) is 10.0 Å². The van der Waals surface area contributed by atoms with Crippen LogP contribution in [0.2, 0.25) is 0 Å². The second kappa shape index (κ2) is 8.29. The van der Waals surface area contributed by atoms with E-state index in [1.807, 2.05) is 30.8 Å². The molecule has 5 heteroatoms. The summed E-state index contributed by atoms with van der Waals surface area (Å²) in [4.78, 5) is 10.4.